The highest BCUT2D eigenvalue weighted by Crippen LogP contribution is 2.24. The van der Waals surface area contributed by atoms with Gasteiger partial charge in [-0.1, -0.05) is 31.0 Å². The van der Waals surface area contributed by atoms with E-state index in [1.54, 1.807) is 31.2 Å². The molecule has 6 nitrogen and oxygen atoms in total. The minimum atomic E-state index is -0.964. The molecule has 3 N–H and O–H groups in total. The average Bonchev–Trinajstić information content (AvgIpc) is 3.03. The number of para-hydroxylation sites is 1. The normalized spacial score (nSPS) is 15.9. The first-order chi connectivity index (χ1) is 11.0. The van der Waals surface area contributed by atoms with Crippen molar-refractivity contribution in [3.05, 3.63) is 29.8 Å². The minimum absolute atomic E-state index is 0.00421. The molecule has 1 aliphatic carbocycles. The predicted molar refractivity (Wildman–Crippen MR) is 86.0 cm³/mol. The van der Waals surface area contributed by atoms with Gasteiger partial charge < -0.3 is 15.7 Å². The molecule has 0 aliphatic heterocycles. The van der Waals surface area contributed by atoms with Crippen LogP contribution >= 0.6 is 0 Å². The van der Waals surface area contributed by atoms with Gasteiger partial charge >= 0.3 is 5.97 Å². The zero-order valence-corrected chi connectivity index (χ0v) is 13.2. The van der Waals surface area contributed by atoms with E-state index in [0.29, 0.717) is 11.3 Å². The zero-order chi connectivity index (χ0) is 16.8. The summed E-state index contributed by atoms with van der Waals surface area (Å²) in [6.07, 6.45) is 3.70. The fourth-order valence-electron chi connectivity index (χ4n) is 2.79. The van der Waals surface area contributed by atoms with E-state index in [4.69, 9.17) is 5.11 Å². The van der Waals surface area contributed by atoms with E-state index in [1.807, 2.05) is 0 Å². The van der Waals surface area contributed by atoms with Crippen LogP contribution in [0.25, 0.3) is 0 Å². The molecule has 0 aromatic heterocycles. The molecule has 124 valence electrons. The van der Waals surface area contributed by atoms with Crippen LogP contribution in [0.3, 0.4) is 0 Å². The van der Waals surface area contributed by atoms with Crippen LogP contribution in [0, 0.1) is 5.92 Å². The predicted octanol–water partition coefficient (Wildman–Crippen LogP) is 1.95. The molecule has 0 radical (unpaired) electrons. The Morgan fingerprint density at radius 2 is 1.87 bits per heavy atom. The largest absolute Gasteiger partial charge is 0.481 e. The topological polar surface area (TPSA) is 95.5 Å². The molecule has 2 rings (SSSR count). The van der Waals surface area contributed by atoms with Crippen LogP contribution in [0.1, 0.15) is 38.2 Å². The Morgan fingerprint density at radius 1 is 1.22 bits per heavy atom. The van der Waals surface area contributed by atoms with Gasteiger partial charge in [0.2, 0.25) is 11.8 Å². The second-order valence-electron chi connectivity index (χ2n) is 5.93. The quantitative estimate of drug-likeness (QED) is 0.747. The van der Waals surface area contributed by atoms with Crippen LogP contribution in [0.5, 0.6) is 0 Å². The standard InChI is InChI=1S/C17H22N2O4/c1-11(18-17(23)12-6-2-3-7-12)16(22)19-14-9-5-4-8-13(14)10-15(20)21/h4-5,8-9,11-12H,2-3,6-7,10H2,1H3,(H,18,23)(H,19,22)(H,20,21). The maximum absolute atomic E-state index is 12.2. The van der Waals surface area contributed by atoms with Crippen molar-refractivity contribution in [1.29, 1.82) is 0 Å². The Labute approximate surface area is 135 Å². The minimum Gasteiger partial charge on any atom is -0.481 e. The summed E-state index contributed by atoms with van der Waals surface area (Å²) >= 11 is 0. The summed E-state index contributed by atoms with van der Waals surface area (Å²) in [5, 5.41) is 14.3. The van der Waals surface area contributed by atoms with Gasteiger partial charge in [-0.15, -0.1) is 0 Å². The molecule has 1 unspecified atom stereocenters. The fourth-order valence-corrected chi connectivity index (χ4v) is 2.79. The van der Waals surface area contributed by atoms with Gasteiger partial charge in [-0.25, -0.2) is 0 Å². The number of carbonyl (C=O) groups excluding carboxylic acids is 2. The Hall–Kier alpha value is -2.37. The van der Waals surface area contributed by atoms with Gasteiger partial charge in [0, 0.05) is 11.6 Å². The molecule has 0 heterocycles. The highest BCUT2D eigenvalue weighted by Gasteiger charge is 2.25. The second-order valence-corrected chi connectivity index (χ2v) is 5.93. The van der Waals surface area contributed by atoms with Crippen LogP contribution in [0.2, 0.25) is 0 Å². The summed E-state index contributed by atoms with van der Waals surface area (Å²) in [6, 6.07) is 6.09. The van der Waals surface area contributed by atoms with Crippen molar-refractivity contribution >= 4 is 23.5 Å². The number of aliphatic carboxylic acids is 1. The number of rotatable bonds is 6. The number of hydrogen-bond acceptors (Lipinski definition) is 3. The Morgan fingerprint density at radius 3 is 2.52 bits per heavy atom. The lowest BCUT2D eigenvalue weighted by Crippen LogP contribution is -2.43. The first-order valence-corrected chi connectivity index (χ1v) is 7.88. The molecular formula is C17H22N2O4. The lowest BCUT2D eigenvalue weighted by atomic mass is 10.1. The lowest BCUT2D eigenvalue weighted by molar-refractivity contribution is -0.136. The van der Waals surface area contributed by atoms with Gasteiger partial charge in [-0.05, 0) is 31.4 Å². The third-order valence-electron chi connectivity index (χ3n) is 4.09. The molecule has 1 aliphatic rings. The molecule has 1 fully saturated rings. The van der Waals surface area contributed by atoms with Gasteiger partial charge in [0.05, 0.1) is 6.42 Å². The van der Waals surface area contributed by atoms with Crippen molar-refractivity contribution in [2.45, 2.75) is 45.1 Å². The number of anilines is 1. The van der Waals surface area contributed by atoms with E-state index >= 15 is 0 Å². The molecule has 1 aromatic rings. The number of hydrogen-bond donors (Lipinski definition) is 3. The smallest absolute Gasteiger partial charge is 0.307 e. The molecular weight excluding hydrogens is 296 g/mol. The summed E-state index contributed by atoms with van der Waals surface area (Å²) in [6.45, 7) is 1.63. The van der Waals surface area contributed by atoms with Crippen molar-refractivity contribution in [3.63, 3.8) is 0 Å². The van der Waals surface area contributed by atoms with Crippen molar-refractivity contribution in [3.8, 4) is 0 Å². The Bertz CT molecular complexity index is 594. The molecule has 1 atom stereocenters. The highest BCUT2D eigenvalue weighted by molar-refractivity contribution is 5.98. The van der Waals surface area contributed by atoms with Crippen LogP contribution in [-0.2, 0) is 20.8 Å². The van der Waals surface area contributed by atoms with Gasteiger partial charge in [0.15, 0.2) is 0 Å². The maximum atomic E-state index is 12.2. The van der Waals surface area contributed by atoms with Gasteiger partial charge in [-0.3, -0.25) is 14.4 Å². The summed E-state index contributed by atoms with van der Waals surface area (Å²) in [7, 11) is 0. The van der Waals surface area contributed by atoms with Crippen molar-refractivity contribution < 1.29 is 19.5 Å². The first-order valence-electron chi connectivity index (χ1n) is 7.88. The van der Waals surface area contributed by atoms with Crippen molar-refractivity contribution in [2.24, 2.45) is 5.92 Å². The molecule has 0 bridgehead atoms. The monoisotopic (exact) mass is 318 g/mol. The molecule has 1 saturated carbocycles. The molecule has 0 spiro atoms. The van der Waals surface area contributed by atoms with E-state index in [1.165, 1.54) is 0 Å². The van der Waals surface area contributed by atoms with Crippen molar-refractivity contribution in [2.75, 3.05) is 5.32 Å². The number of benzene rings is 1. The molecule has 1 aromatic carbocycles. The van der Waals surface area contributed by atoms with Crippen LogP contribution in [-0.4, -0.2) is 28.9 Å². The number of amides is 2. The summed E-state index contributed by atoms with van der Waals surface area (Å²) in [5.41, 5.74) is 0.990. The van der Waals surface area contributed by atoms with E-state index in [2.05, 4.69) is 10.6 Å². The molecule has 6 heteroatoms. The number of nitrogens with one attached hydrogen (secondary N) is 2. The van der Waals surface area contributed by atoms with E-state index in [0.717, 1.165) is 25.7 Å². The van der Waals surface area contributed by atoms with Gasteiger partial charge in [-0.2, -0.15) is 0 Å². The summed E-state index contributed by atoms with van der Waals surface area (Å²) in [5.74, 6) is -1.39. The number of carbonyl (C=O) groups is 3. The molecule has 23 heavy (non-hydrogen) atoms. The Balaban J connectivity index is 1.95. The Kier molecular flexibility index (Phi) is 5.73. The van der Waals surface area contributed by atoms with E-state index in [9.17, 15) is 14.4 Å². The van der Waals surface area contributed by atoms with Crippen molar-refractivity contribution in [1.82, 2.24) is 5.32 Å². The summed E-state index contributed by atoms with van der Waals surface area (Å²) in [4.78, 5) is 35.1. The third-order valence-corrected chi connectivity index (χ3v) is 4.09. The highest BCUT2D eigenvalue weighted by atomic mass is 16.4. The third kappa shape index (κ3) is 4.81. The maximum Gasteiger partial charge on any atom is 0.307 e. The van der Waals surface area contributed by atoms with Gasteiger partial charge in [0.25, 0.3) is 0 Å². The van der Waals surface area contributed by atoms with Crippen LogP contribution in [0.4, 0.5) is 5.69 Å². The van der Waals surface area contributed by atoms with E-state index < -0.39 is 12.0 Å². The van der Waals surface area contributed by atoms with E-state index in [-0.39, 0.29) is 24.2 Å². The van der Waals surface area contributed by atoms with Gasteiger partial charge in [0.1, 0.15) is 6.04 Å². The average molecular weight is 318 g/mol. The molecule has 0 saturated heterocycles. The zero-order valence-electron chi connectivity index (χ0n) is 13.2. The van der Waals surface area contributed by atoms with Crippen LogP contribution in [0.15, 0.2) is 24.3 Å². The second kappa shape index (κ2) is 7.76. The molecule has 2 amide bonds. The SMILES string of the molecule is CC(NC(=O)C1CCCC1)C(=O)Nc1ccccc1CC(=O)O. The number of carboxylic acids is 1. The fraction of sp³-hybridized carbons (Fsp3) is 0.471. The number of carboxylic acid groups (broad SMARTS) is 1. The van der Waals surface area contributed by atoms with Crippen LogP contribution < -0.4 is 10.6 Å². The first kappa shape index (κ1) is 17.0. The lowest BCUT2D eigenvalue weighted by Gasteiger charge is -2.17. The summed E-state index contributed by atoms with van der Waals surface area (Å²) < 4.78 is 0.